The molecule has 0 radical (unpaired) electrons. The minimum absolute atomic E-state index is 0.474. The zero-order valence-electron chi connectivity index (χ0n) is 35.9. The van der Waals surface area contributed by atoms with Crippen LogP contribution >= 0.6 is 69.6 Å². The molecule has 0 amide bonds. The molecule has 66 heavy (non-hydrogen) atoms. The Bertz CT molecular complexity index is 3020. The summed E-state index contributed by atoms with van der Waals surface area (Å²) in [4.78, 5) is 0. The monoisotopic (exact) mass is 987 g/mol. The summed E-state index contributed by atoms with van der Waals surface area (Å²) in [6.07, 6.45) is 8.42. The zero-order valence-corrected chi connectivity index (χ0v) is 40.4. The molecule has 0 bridgehead atoms. The first-order chi connectivity index (χ1) is 32.2. The maximum Gasteiger partial charge on any atom is 0.255 e. The fraction of sp³-hybridized carbons (Fsp3) is 0.167. The summed E-state index contributed by atoms with van der Waals surface area (Å²) in [5.41, 5.74) is 6.89. The molecule has 0 atom stereocenters. The summed E-state index contributed by atoms with van der Waals surface area (Å²) >= 11 is 41.8. The fourth-order valence-corrected chi connectivity index (χ4v) is 10.6. The molecule has 0 aliphatic carbocycles. The van der Waals surface area contributed by atoms with Gasteiger partial charge in [0.25, 0.3) is 30.9 Å². The van der Waals surface area contributed by atoms with E-state index in [2.05, 4.69) is 146 Å². The van der Waals surface area contributed by atoms with Crippen LogP contribution in [0.3, 0.4) is 0 Å². The number of hydrogen-bond donors (Lipinski definition) is 0. The molecule has 0 aliphatic rings. The Hall–Kier alpha value is -5.31. The van der Waals surface area contributed by atoms with Crippen LogP contribution in [0, 0.1) is 0 Å². The number of nitrogens with zero attached hydrogens (tertiary/aromatic N) is 6. The standard InChI is InChI=1S/C54H45Cl6N6/c55-49-52(58)64(34-61(49)25-22-43-16-7-13-40-10-1-4-19-46(40)43)31-37-28-38(32-65-35-62(50(56)53(65)59)26-23-44-17-8-14-41-11-2-5-20-47(41)44)30-39(29-37)33-66-36-63(51(57)54(66)60)27-24-45-18-9-15-42-12-3-6-21-48(42)45/h1-21,28-30,34-36H,22-27,31-33H2/q+3. The molecule has 10 aromatic rings. The van der Waals surface area contributed by atoms with Crippen LogP contribution in [-0.4, -0.2) is 13.7 Å². The van der Waals surface area contributed by atoms with Crippen molar-refractivity contribution in [1.82, 2.24) is 13.7 Å². The highest BCUT2D eigenvalue weighted by atomic mass is 35.5. The highest BCUT2D eigenvalue weighted by molar-refractivity contribution is 6.40. The van der Waals surface area contributed by atoms with Gasteiger partial charge in [0.15, 0.2) is 0 Å². The smallest absolute Gasteiger partial charge is 0.219 e. The van der Waals surface area contributed by atoms with Crippen molar-refractivity contribution in [3.63, 3.8) is 0 Å². The summed E-state index contributed by atoms with van der Waals surface area (Å²) < 4.78 is 12.1. The second-order valence-corrected chi connectivity index (χ2v) is 19.0. The molecule has 6 nitrogen and oxygen atoms in total. The SMILES string of the molecule is Clc1c(Cl)[n+](Cc2cc(C[n+]3cn(CCc4cccc5ccccc45)c(Cl)c3Cl)cc(C[n+]3cn(CCc4cccc5ccccc45)c(Cl)c3Cl)c2)cn1CCc1cccc2ccccc12. The Balaban J connectivity index is 0.931. The van der Waals surface area contributed by atoms with Gasteiger partial charge < -0.3 is 0 Å². The van der Waals surface area contributed by atoms with Gasteiger partial charge in [0.1, 0.15) is 19.6 Å². The predicted molar refractivity (Wildman–Crippen MR) is 271 cm³/mol. The topological polar surface area (TPSA) is 26.4 Å². The molecule has 3 aromatic heterocycles. The maximum atomic E-state index is 7.01. The Morgan fingerprint density at radius 1 is 0.333 bits per heavy atom. The number of fused-ring (bicyclic) bond motifs is 3. The summed E-state index contributed by atoms with van der Waals surface area (Å²) in [7, 11) is 0. The minimum Gasteiger partial charge on any atom is -0.219 e. The van der Waals surface area contributed by atoms with Crippen molar-refractivity contribution in [3.8, 4) is 0 Å². The molecule has 0 unspecified atom stereocenters. The molecule has 0 spiro atoms. The lowest BCUT2D eigenvalue weighted by molar-refractivity contribution is -0.687. The third-order valence-electron chi connectivity index (χ3n) is 12.5. The molecule has 0 saturated heterocycles. The number of halogens is 6. The van der Waals surface area contributed by atoms with E-state index in [9.17, 15) is 0 Å². The molecule has 0 N–H and O–H groups in total. The average molecular weight is 991 g/mol. The average Bonchev–Trinajstić information content (AvgIpc) is 3.88. The fourth-order valence-electron chi connectivity index (χ4n) is 9.28. The van der Waals surface area contributed by atoms with Crippen LogP contribution < -0.4 is 13.7 Å². The lowest BCUT2D eigenvalue weighted by Crippen LogP contribution is -2.36. The van der Waals surface area contributed by atoms with Gasteiger partial charge in [-0.2, -0.15) is 0 Å². The van der Waals surface area contributed by atoms with Gasteiger partial charge in [0.05, 0.1) is 19.6 Å². The number of rotatable bonds is 15. The predicted octanol–water partition coefficient (Wildman–Crippen LogP) is 13.2. The first-order valence-corrected chi connectivity index (χ1v) is 24.3. The van der Waals surface area contributed by atoms with Gasteiger partial charge in [-0.3, -0.25) is 0 Å². The number of aryl methyl sites for hydroxylation is 6. The molecule has 0 aliphatic heterocycles. The lowest BCUT2D eigenvalue weighted by Gasteiger charge is -2.08. The van der Waals surface area contributed by atoms with Crippen LogP contribution in [-0.2, 0) is 58.5 Å². The van der Waals surface area contributed by atoms with Gasteiger partial charge in [0, 0.05) is 19.3 Å². The number of benzene rings is 7. The first-order valence-electron chi connectivity index (χ1n) is 22.0. The van der Waals surface area contributed by atoms with Crippen LogP contribution in [0.2, 0.25) is 30.9 Å². The Morgan fingerprint density at radius 3 is 0.909 bits per heavy atom. The number of imidazole rings is 3. The van der Waals surface area contributed by atoms with Crippen molar-refractivity contribution in [2.24, 2.45) is 0 Å². The molecule has 0 fully saturated rings. The molecule has 10 rings (SSSR count). The Labute approximate surface area is 413 Å². The molecule has 3 heterocycles. The molecule has 12 heteroatoms. The van der Waals surface area contributed by atoms with Crippen molar-refractivity contribution >= 4 is 102 Å². The van der Waals surface area contributed by atoms with Crippen molar-refractivity contribution < 1.29 is 13.7 Å². The van der Waals surface area contributed by atoms with Crippen LogP contribution in [0.15, 0.2) is 165 Å². The van der Waals surface area contributed by atoms with Crippen LogP contribution in [0.25, 0.3) is 32.3 Å². The molecule has 0 saturated carbocycles. The number of hydrogen-bond acceptors (Lipinski definition) is 0. The molecule has 7 aromatic carbocycles. The van der Waals surface area contributed by atoms with E-state index in [4.69, 9.17) is 69.6 Å². The second kappa shape index (κ2) is 19.5. The van der Waals surface area contributed by atoms with E-state index in [1.165, 1.54) is 49.0 Å². The van der Waals surface area contributed by atoms with Crippen molar-refractivity contribution in [2.45, 2.75) is 58.5 Å². The summed E-state index contributed by atoms with van der Waals surface area (Å²) in [6, 6.07) is 51.2. The Morgan fingerprint density at radius 2 is 0.606 bits per heavy atom. The normalized spacial score (nSPS) is 11.7. The van der Waals surface area contributed by atoms with Crippen molar-refractivity contribution in [3.05, 3.63) is 229 Å². The van der Waals surface area contributed by atoms with Crippen LogP contribution in [0.1, 0.15) is 33.4 Å². The quantitative estimate of drug-likeness (QED) is 0.0915. The highest BCUT2D eigenvalue weighted by Crippen LogP contribution is 2.27. The van der Waals surface area contributed by atoms with Crippen molar-refractivity contribution in [2.75, 3.05) is 0 Å². The maximum absolute atomic E-state index is 7.01. The van der Waals surface area contributed by atoms with Gasteiger partial charge in [-0.15, -0.1) is 0 Å². The van der Waals surface area contributed by atoms with Crippen LogP contribution in [0.5, 0.6) is 0 Å². The van der Waals surface area contributed by atoms with Crippen LogP contribution in [0.4, 0.5) is 0 Å². The van der Waals surface area contributed by atoms with E-state index in [0.717, 1.165) is 36.0 Å². The van der Waals surface area contributed by atoms with E-state index in [1.54, 1.807) is 0 Å². The van der Waals surface area contributed by atoms with E-state index in [0.29, 0.717) is 70.2 Å². The van der Waals surface area contributed by atoms with Gasteiger partial charge in [-0.1, -0.05) is 127 Å². The van der Waals surface area contributed by atoms with Gasteiger partial charge in [0.2, 0.25) is 19.0 Å². The Kier molecular flexibility index (Phi) is 13.2. The largest absolute Gasteiger partial charge is 0.255 e. The van der Waals surface area contributed by atoms with E-state index in [1.807, 2.05) is 46.4 Å². The number of aromatic nitrogens is 6. The third kappa shape index (κ3) is 9.33. The van der Waals surface area contributed by atoms with E-state index >= 15 is 0 Å². The van der Waals surface area contributed by atoms with Gasteiger partial charge in [-0.05, 0) is 154 Å². The second-order valence-electron chi connectivity index (χ2n) is 16.9. The molecular weight excluding hydrogens is 945 g/mol. The van der Waals surface area contributed by atoms with Gasteiger partial charge in [-0.25, -0.2) is 27.4 Å². The van der Waals surface area contributed by atoms with Crippen molar-refractivity contribution in [1.29, 1.82) is 0 Å². The summed E-state index contributed by atoms with van der Waals surface area (Å²) in [6.45, 7) is 3.47. The zero-order chi connectivity index (χ0) is 45.3. The van der Waals surface area contributed by atoms with Gasteiger partial charge >= 0.3 is 0 Å². The lowest BCUT2D eigenvalue weighted by atomic mass is 10.0. The summed E-state index contributed by atoms with van der Waals surface area (Å²) in [5, 5.41) is 10.3. The highest BCUT2D eigenvalue weighted by Gasteiger charge is 2.25. The molecule has 330 valence electrons. The minimum atomic E-state index is 0.474. The molecular formula is C54H45Cl6N6+3. The van der Waals surface area contributed by atoms with E-state index < -0.39 is 0 Å². The first kappa shape index (κ1) is 44.5. The summed E-state index contributed by atoms with van der Waals surface area (Å²) in [5.74, 6) is 0. The third-order valence-corrected chi connectivity index (χ3v) is 15.2. The van der Waals surface area contributed by atoms with E-state index in [-0.39, 0.29) is 0 Å².